The van der Waals surface area contributed by atoms with Crippen molar-refractivity contribution in [3.63, 3.8) is 0 Å². The van der Waals surface area contributed by atoms with Crippen LogP contribution in [0.2, 0.25) is 0 Å². The summed E-state index contributed by atoms with van der Waals surface area (Å²) in [7, 11) is 3.49. The summed E-state index contributed by atoms with van der Waals surface area (Å²) >= 11 is 1.78. The number of likely N-dealkylation sites (tertiary alicyclic amines) is 1. The lowest BCUT2D eigenvalue weighted by atomic mass is 9.96. The third kappa shape index (κ3) is 3.79. The van der Waals surface area contributed by atoms with Gasteiger partial charge in [0.2, 0.25) is 0 Å². The third-order valence-electron chi connectivity index (χ3n) is 4.81. The van der Waals surface area contributed by atoms with Crippen molar-refractivity contribution < 1.29 is 9.47 Å². The second kappa shape index (κ2) is 8.10. The predicted octanol–water partition coefficient (Wildman–Crippen LogP) is 4.03. The van der Waals surface area contributed by atoms with Gasteiger partial charge in [-0.3, -0.25) is 4.90 Å². The Morgan fingerprint density at radius 1 is 1.25 bits per heavy atom. The zero-order valence-corrected chi connectivity index (χ0v) is 15.5. The van der Waals surface area contributed by atoms with E-state index in [0.29, 0.717) is 12.0 Å². The first kappa shape index (κ1) is 17.4. The molecule has 0 aliphatic carbocycles. The fourth-order valence-electron chi connectivity index (χ4n) is 3.39. The van der Waals surface area contributed by atoms with E-state index >= 15 is 0 Å². The largest absolute Gasteiger partial charge is 0.496 e. The highest BCUT2D eigenvalue weighted by molar-refractivity contribution is 7.10. The van der Waals surface area contributed by atoms with Gasteiger partial charge in [0.05, 0.1) is 24.4 Å². The molecule has 5 heteroatoms. The molecule has 1 atom stereocenters. The monoisotopic (exact) mass is 346 g/mol. The maximum atomic E-state index is 5.46. The molecular formula is C19H26N2O2S. The van der Waals surface area contributed by atoms with Crippen molar-refractivity contribution in [2.75, 3.05) is 33.9 Å². The molecule has 1 unspecified atom stereocenters. The van der Waals surface area contributed by atoms with Gasteiger partial charge in [-0.05, 0) is 45.0 Å². The average molecular weight is 346 g/mol. The smallest absolute Gasteiger partial charge is 0.128 e. The van der Waals surface area contributed by atoms with E-state index in [1.807, 2.05) is 18.2 Å². The molecule has 0 amide bonds. The first-order valence-corrected chi connectivity index (χ1v) is 9.42. The van der Waals surface area contributed by atoms with Crippen molar-refractivity contribution in [3.8, 4) is 17.0 Å². The molecule has 1 aromatic carbocycles. The maximum Gasteiger partial charge on any atom is 0.128 e. The summed E-state index contributed by atoms with van der Waals surface area (Å²) in [4.78, 5) is 7.44. The lowest BCUT2D eigenvalue weighted by Gasteiger charge is -2.35. The number of aromatic nitrogens is 1. The molecule has 0 bridgehead atoms. The minimum absolute atomic E-state index is 0.497. The van der Waals surface area contributed by atoms with Crippen molar-refractivity contribution in [2.45, 2.75) is 31.7 Å². The second-order valence-electron chi connectivity index (χ2n) is 6.39. The average Bonchev–Trinajstić information content (AvgIpc) is 3.12. The van der Waals surface area contributed by atoms with E-state index < -0.39 is 0 Å². The Kier molecular flexibility index (Phi) is 5.87. The van der Waals surface area contributed by atoms with E-state index in [9.17, 15) is 0 Å². The minimum atomic E-state index is 0.497. The van der Waals surface area contributed by atoms with Crippen LogP contribution in [-0.2, 0) is 4.74 Å². The molecule has 130 valence electrons. The number of nitrogens with zero attached hydrogens (tertiary/aromatic N) is 2. The van der Waals surface area contributed by atoms with Crippen molar-refractivity contribution in [3.05, 3.63) is 34.7 Å². The number of ether oxygens (including phenoxy) is 2. The first-order chi connectivity index (χ1) is 11.7. The third-order valence-corrected chi connectivity index (χ3v) is 5.82. The van der Waals surface area contributed by atoms with Gasteiger partial charge < -0.3 is 9.47 Å². The van der Waals surface area contributed by atoms with Gasteiger partial charge >= 0.3 is 0 Å². The summed E-state index contributed by atoms with van der Waals surface area (Å²) in [5.74, 6) is 1.46. The molecule has 0 saturated carbocycles. The summed E-state index contributed by atoms with van der Waals surface area (Å²) in [5.41, 5.74) is 2.11. The summed E-state index contributed by atoms with van der Waals surface area (Å²) < 4.78 is 10.7. The fourth-order valence-corrected chi connectivity index (χ4v) is 4.38. The molecule has 0 N–H and O–H groups in total. The van der Waals surface area contributed by atoms with Gasteiger partial charge in [0, 0.05) is 30.0 Å². The molecule has 2 heterocycles. The van der Waals surface area contributed by atoms with Crippen LogP contribution < -0.4 is 4.74 Å². The highest BCUT2D eigenvalue weighted by Crippen LogP contribution is 2.35. The van der Waals surface area contributed by atoms with Crippen LogP contribution in [0.5, 0.6) is 5.75 Å². The Balaban J connectivity index is 1.67. The summed E-state index contributed by atoms with van der Waals surface area (Å²) in [6.07, 6.45) is 2.35. The number of piperidine rings is 1. The van der Waals surface area contributed by atoms with Gasteiger partial charge in [0.25, 0.3) is 0 Å². The van der Waals surface area contributed by atoms with Gasteiger partial charge in [-0.2, -0.15) is 0 Å². The van der Waals surface area contributed by atoms with Crippen LogP contribution in [0.15, 0.2) is 29.6 Å². The number of para-hydroxylation sites is 1. The quantitative estimate of drug-likeness (QED) is 0.791. The van der Waals surface area contributed by atoms with Crippen LogP contribution in [-0.4, -0.2) is 49.8 Å². The van der Waals surface area contributed by atoms with Crippen molar-refractivity contribution in [1.29, 1.82) is 0 Å². The highest BCUT2D eigenvalue weighted by Gasteiger charge is 2.25. The summed E-state index contributed by atoms with van der Waals surface area (Å²) in [6, 6.07) is 8.59. The highest BCUT2D eigenvalue weighted by atomic mass is 32.1. The number of rotatable bonds is 6. The van der Waals surface area contributed by atoms with E-state index in [2.05, 4.69) is 23.3 Å². The number of hydrogen-bond donors (Lipinski definition) is 0. The van der Waals surface area contributed by atoms with E-state index in [1.54, 1.807) is 25.6 Å². The summed E-state index contributed by atoms with van der Waals surface area (Å²) in [5, 5.41) is 3.42. The molecule has 1 fully saturated rings. The molecule has 1 aliphatic rings. The number of thiazole rings is 1. The second-order valence-corrected chi connectivity index (χ2v) is 7.28. The number of methoxy groups -OCH3 is 2. The molecule has 1 aliphatic heterocycles. The minimum Gasteiger partial charge on any atom is -0.496 e. The molecule has 2 aromatic rings. The SMILES string of the molecule is COCC(C)N1CCC(c2nc(-c3ccccc3OC)cs2)CC1. The van der Waals surface area contributed by atoms with Gasteiger partial charge in [0.1, 0.15) is 5.75 Å². The Bertz CT molecular complexity index is 650. The Labute approximate surface area is 148 Å². The fraction of sp³-hybridized carbons (Fsp3) is 0.526. The lowest BCUT2D eigenvalue weighted by molar-refractivity contribution is 0.0819. The Morgan fingerprint density at radius 2 is 2.00 bits per heavy atom. The molecule has 0 spiro atoms. The van der Waals surface area contributed by atoms with E-state index in [4.69, 9.17) is 14.5 Å². The molecule has 1 saturated heterocycles. The summed E-state index contributed by atoms with van der Waals surface area (Å²) in [6.45, 7) is 5.30. The molecule has 4 nitrogen and oxygen atoms in total. The van der Waals surface area contributed by atoms with E-state index in [-0.39, 0.29) is 0 Å². The maximum absolute atomic E-state index is 5.46. The molecule has 3 rings (SSSR count). The van der Waals surface area contributed by atoms with Crippen LogP contribution in [0.4, 0.5) is 0 Å². The molecular weight excluding hydrogens is 320 g/mol. The van der Waals surface area contributed by atoms with Gasteiger partial charge in [-0.15, -0.1) is 11.3 Å². The zero-order valence-electron chi connectivity index (χ0n) is 14.7. The van der Waals surface area contributed by atoms with Crippen LogP contribution in [0.25, 0.3) is 11.3 Å². The molecule has 1 aromatic heterocycles. The van der Waals surface area contributed by atoms with Gasteiger partial charge in [0.15, 0.2) is 0 Å². The molecule has 0 radical (unpaired) electrons. The van der Waals surface area contributed by atoms with Crippen LogP contribution in [0.3, 0.4) is 0 Å². The van der Waals surface area contributed by atoms with Crippen molar-refractivity contribution >= 4 is 11.3 Å². The van der Waals surface area contributed by atoms with Crippen molar-refractivity contribution in [1.82, 2.24) is 9.88 Å². The predicted molar refractivity (Wildman–Crippen MR) is 99.0 cm³/mol. The number of benzene rings is 1. The van der Waals surface area contributed by atoms with Crippen molar-refractivity contribution in [2.24, 2.45) is 0 Å². The van der Waals surface area contributed by atoms with Crippen LogP contribution in [0.1, 0.15) is 30.7 Å². The van der Waals surface area contributed by atoms with E-state index in [0.717, 1.165) is 36.7 Å². The van der Waals surface area contributed by atoms with Crippen LogP contribution >= 0.6 is 11.3 Å². The normalized spacial score (nSPS) is 17.8. The van der Waals surface area contributed by atoms with Crippen LogP contribution in [0, 0.1) is 0 Å². The zero-order chi connectivity index (χ0) is 16.9. The molecule has 24 heavy (non-hydrogen) atoms. The Hall–Kier alpha value is -1.43. The first-order valence-electron chi connectivity index (χ1n) is 8.54. The Morgan fingerprint density at radius 3 is 2.71 bits per heavy atom. The lowest BCUT2D eigenvalue weighted by Crippen LogP contribution is -2.41. The van der Waals surface area contributed by atoms with E-state index in [1.165, 1.54) is 17.8 Å². The van der Waals surface area contributed by atoms with Gasteiger partial charge in [-0.25, -0.2) is 4.98 Å². The topological polar surface area (TPSA) is 34.6 Å². The van der Waals surface area contributed by atoms with Gasteiger partial charge in [-0.1, -0.05) is 12.1 Å². The standard InChI is InChI=1S/C19H26N2O2S/c1-14(12-22-2)21-10-8-15(9-11-21)19-20-17(13-24-19)16-6-4-5-7-18(16)23-3/h4-7,13-15H,8-12H2,1-3H3. The number of hydrogen-bond acceptors (Lipinski definition) is 5.